The van der Waals surface area contributed by atoms with E-state index < -0.39 is 11.6 Å². The minimum absolute atomic E-state index is 0. The van der Waals surface area contributed by atoms with E-state index in [4.69, 9.17) is 5.73 Å². The lowest BCUT2D eigenvalue weighted by Gasteiger charge is -2.12. The molecule has 15 heavy (non-hydrogen) atoms. The maximum absolute atomic E-state index is 13.4. The molecule has 1 aliphatic rings. The summed E-state index contributed by atoms with van der Waals surface area (Å²) in [5.74, 6) is -0.569. The van der Waals surface area contributed by atoms with Crippen molar-refractivity contribution < 1.29 is 8.78 Å². The summed E-state index contributed by atoms with van der Waals surface area (Å²) < 4.78 is 26.7. The highest BCUT2D eigenvalue weighted by atomic mass is 79.9. The van der Waals surface area contributed by atoms with Gasteiger partial charge in [-0.2, -0.15) is 0 Å². The third-order valence-corrected chi connectivity index (χ3v) is 3.14. The molecule has 0 aromatic heterocycles. The molecule has 1 aromatic carbocycles. The second kappa shape index (κ2) is 4.76. The van der Waals surface area contributed by atoms with Gasteiger partial charge in [0.2, 0.25) is 0 Å². The van der Waals surface area contributed by atoms with Crippen LogP contribution in [0.1, 0.15) is 24.4 Å². The van der Waals surface area contributed by atoms with Crippen molar-refractivity contribution in [3.8, 4) is 0 Å². The van der Waals surface area contributed by atoms with Crippen molar-refractivity contribution in [1.29, 1.82) is 0 Å². The zero-order valence-corrected chi connectivity index (χ0v) is 10.2. The number of halogens is 4. The quantitative estimate of drug-likeness (QED) is 0.830. The van der Waals surface area contributed by atoms with Crippen LogP contribution in [-0.2, 0) is 0 Å². The molecule has 0 heterocycles. The first-order chi connectivity index (χ1) is 6.59. The summed E-state index contributed by atoms with van der Waals surface area (Å²) in [7, 11) is 0. The molecule has 1 aromatic rings. The van der Waals surface area contributed by atoms with Crippen LogP contribution in [0.2, 0.25) is 0 Å². The Morgan fingerprint density at radius 3 is 2.40 bits per heavy atom. The van der Waals surface area contributed by atoms with Crippen molar-refractivity contribution in [3.05, 3.63) is 33.8 Å². The lowest BCUT2D eigenvalue weighted by atomic mass is 10.0. The van der Waals surface area contributed by atoms with E-state index in [-0.39, 0.29) is 28.5 Å². The van der Waals surface area contributed by atoms with Crippen molar-refractivity contribution in [3.63, 3.8) is 0 Å². The molecule has 0 saturated heterocycles. The summed E-state index contributed by atoms with van der Waals surface area (Å²) in [6.45, 7) is 0. The Labute approximate surface area is 102 Å². The van der Waals surface area contributed by atoms with E-state index in [2.05, 4.69) is 15.9 Å². The van der Waals surface area contributed by atoms with Gasteiger partial charge in [0.05, 0.1) is 4.47 Å². The largest absolute Gasteiger partial charge is 0.324 e. The number of hydrogen-bond donors (Lipinski definition) is 1. The number of benzene rings is 1. The van der Waals surface area contributed by atoms with Crippen LogP contribution in [0.3, 0.4) is 0 Å². The third-order valence-electron chi connectivity index (χ3n) is 2.53. The molecule has 2 N–H and O–H groups in total. The molecule has 1 aliphatic carbocycles. The summed E-state index contributed by atoms with van der Waals surface area (Å²) >= 11 is 2.93. The van der Waals surface area contributed by atoms with Crippen molar-refractivity contribution in [2.24, 2.45) is 11.7 Å². The smallest absolute Gasteiger partial charge is 0.137 e. The molecule has 1 atom stereocenters. The van der Waals surface area contributed by atoms with Crippen molar-refractivity contribution in [2.45, 2.75) is 18.9 Å². The van der Waals surface area contributed by atoms with Gasteiger partial charge in [0.25, 0.3) is 0 Å². The van der Waals surface area contributed by atoms with Gasteiger partial charge in [-0.1, -0.05) is 0 Å². The highest BCUT2D eigenvalue weighted by Gasteiger charge is 2.31. The van der Waals surface area contributed by atoms with Crippen molar-refractivity contribution >= 4 is 28.3 Å². The van der Waals surface area contributed by atoms with Gasteiger partial charge >= 0.3 is 0 Å². The molecule has 84 valence electrons. The highest BCUT2D eigenvalue weighted by Crippen LogP contribution is 2.40. The van der Waals surface area contributed by atoms with E-state index >= 15 is 0 Å². The lowest BCUT2D eigenvalue weighted by Crippen LogP contribution is -2.14. The summed E-state index contributed by atoms with van der Waals surface area (Å²) in [4.78, 5) is 0. The number of rotatable bonds is 2. The van der Waals surface area contributed by atoms with E-state index in [1.165, 1.54) is 6.07 Å². The Hall–Kier alpha value is -0.190. The van der Waals surface area contributed by atoms with Gasteiger partial charge in [-0.25, -0.2) is 8.78 Å². The predicted molar refractivity (Wildman–Crippen MR) is 61.0 cm³/mol. The SMILES string of the molecule is Cl.NC(c1cc(F)c(Br)cc1F)C1CC1. The van der Waals surface area contributed by atoms with E-state index in [0.717, 1.165) is 18.9 Å². The first-order valence-electron chi connectivity index (χ1n) is 4.49. The molecule has 1 nitrogen and oxygen atoms in total. The molecule has 0 spiro atoms. The van der Waals surface area contributed by atoms with Gasteiger partial charge in [-0.05, 0) is 46.8 Å². The van der Waals surface area contributed by atoms with Crippen molar-refractivity contribution in [2.75, 3.05) is 0 Å². The second-order valence-electron chi connectivity index (χ2n) is 3.65. The number of hydrogen-bond acceptors (Lipinski definition) is 1. The standard InChI is InChI=1S/C10H10BrF2N.ClH/c11-7-4-8(12)6(3-9(7)13)10(14)5-1-2-5;/h3-5,10H,1-2,14H2;1H. The molecule has 1 unspecified atom stereocenters. The second-order valence-corrected chi connectivity index (χ2v) is 4.51. The maximum Gasteiger partial charge on any atom is 0.137 e. The van der Waals surface area contributed by atoms with Crippen molar-refractivity contribution in [1.82, 2.24) is 0 Å². The highest BCUT2D eigenvalue weighted by molar-refractivity contribution is 9.10. The summed E-state index contributed by atoms with van der Waals surface area (Å²) in [6, 6.07) is 1.95. The third kappa shape index (κ3) is 2.68. The van der Waals surface area contributed by atoms with E-state index in [1.54, 1.807) is 0 Å². The Morgan fingerprint density at radius 1 is 1.27 bits per heavy atom. The first kappa shape index (κ1) is 12.9. The van der Waals surface area contributed by atoms with Gasteiger partial charge in [0, 0.05) is 11.6 Å². The van der Waals surface area contributed by atoms with Crippen LogP contribution < -0.4 is 5.73 Å². The molecule has 5 heteroatoms. The molecule has 0 amide bonds. The molecule has 1 saturated carbocycles. The summed E-state index contributed by atoms with van der Waals surface area (Å²) in [5, 5.41) is 0. The van der Waals surface area contributed by atoms with E-state index in [1.807, 2.05) is 0 Å². The molecule has 0 bridgehead atoms. The maximum atomic E-state index is 13.4. The molecule has 1 fully saturated rings. The van der Waals surface area contributed by atoms with Crippen LogP contribution in [0, 0.1) is 17.6 Å². The van der Waals surface area contributed by atoms with Gasteiger partial charge in [-0.15, -0.1) is 12.4 Å². The van der Waals surface area contributed by atoms with Crippen LogP contribution in [0.25, 0.3) is 0 Å². The fourth-order valence-corrected chi connectivity index (χ4v) is 1.82. The summed E-state index contributed by atoms with van der Waals surface area (Å²) in [5.41, 5.74) is 6.08. The Bertz CT molecular complexity index is 369. The minimum Gasteiger partial charge on any atom is -0.324 e. The minimum atomic E-state index is -0.461. The fourth-order valence-electron chi connectivity index (χ4n) is 1.50. The normalized spacial score (nSPS) is 17.1. The van der Waals surface area contributed by atoms with Crippen LogP contribution >= 0.6 is 28.3 Å². The number of nitrogens with two attached hydrogens (primary N) is 1. The molecular formula is C10H11BrClF2N. The first-order valence-corrected chi connectivity index (χ1v) is 5.29. The van der Waals surface area contributed by atoms with Gasteiger partial charge in [0.15, 0.2) is 0 Å². The zero-order chi connectivity index (χ0) is 10.3. The van der Waals surface area contributed by atoms with Crippen LogP contribution in [0.4, 0.5) is 8.78 Å². The molecule has 2 rings (SSSR count). The topological polar surface area (TPSA) is 26.0 Å². The monoisotopic (exact) mass is 297 g/mol. The molecular weight excluding hydrogens is 287 g/mol. The van der Waals surface area contributed by atoms with Crippen LogP contribution in [-0.4, -0.2) is 0 Å². The molecule has 0 radical (unpaired) electrons. The molecule has 0 aliphatic heterocycles. The average Bonchev–Trinajstić information content (AvgIpc) is 2.93. The Kier molecular flexibility index (Phi) is 4.09. The fraction of sp³-hybridized carbons (Fsp3) is 0.400. The Balaban J connectivity index is 0.00000112. The van der Waals surface area contributed by atoms with Crippen LogP contribution in [0.5, 0.6) is 0 Å². The van der Waals surface area contributed by atoms with Gasteiger partial charge < -0.3 is 5.73 Å². The van der Waals surface area contributed by atoms with Gasteiger partial charge in [0.1, 0.15) is 11.6 Å². The van der Waals surface area contributed by atoms with E-state index in [0.29, 0.717) is 5.92 Å². The predicted octanol–water partition coefficient (Wildman–Crippen LogP) is 3.56. The average molecular weight is 299 g/mol. The van der Waals surface area contributed by atoms with Crippen LogP contribution in [0.15, 0.2) is 16.6 Å². The lowest BCUT2D eigenvalue weighted by molar-refractivity contribution is 0.537. The zero-order valence-electron chi connectivity index (χ0n) is 7.84. The van der Waals surface area contributed by atoms with E-state index in [9.17, 15) is 8.78 Å². The summed E-state index contributed by atoms with van der Waals surface area (Å²) in [6.07, 6.45) is 2.02. The Morgan fingerprint density at radius 2 is 1.87 bits per heavy atom. The van der Waals surface area contributed by atoms with Gasteiger partial charge in [-0.3, -0.25) is 0 Å².